The second-order valence-corrected chi connectivity index (χ2v) is 6.26. The number of rotatable bonds is 3. The fourth-order valence-corrected chi connectivity index (χ4v) is 3.77. The molecule has 1 heterocycles. The number of para-hydroxylation sites is 1. The summed E-state index contributed by atoms with van der Waals surface area (Å²) in [6.07, 6.45) is 0.224. The van der Waals surface area contributed by atoms with Crippen molar-refractivity contribution in [3.05, 3.63) is 102 Å². The van der Waals surface area contributed by atoms with E-state index in [9.17, 15) is 9.90 Å². The van der Waals surface area contributed by atoms with Gasteiger partial charge in [-0.3, -0.25) is 4.79 Å². The zero-order valence-electron chi connectivity index (χ0n) is 13.6. The third-order valence-corrected chi connectivity index (χ3v) is 4.85. The van der Waals surface area contributed by atoms with Gasteiger partial charge >= 0.3 is 5.97 Å². The lowest BCUT2D eigenvalue weighted by molar-refractivity contribution is -0.146. The molecular formula is C22H18O3. The lowest BCUT2D eigenvalue weighted by atomic mass is 9.73. The van der Waals surface area contributed by atoms with Crippen LogP contribution in [0.5, 0.6) is 5.75 Å². The van der Waals surface area contributed by atoms with Gasteiger partial charge in [0.1, 0.15) is 5.75 Å². The largest absolute Gasteiger partial charge is 0.508 e. The minimum absolute atomic E-state index is 0.182. The molecule has 0 amide bonds. The highest BCUT2D eigenvalue weighted by atomic mass is 16.6. The van der Waals surface area contributed by atoms with Crippen molar-refractivity contribution < 1.29 is 14.6 Å². The quantitative estimate of drug-likeness (QED) is 0.726. The molecule has 3 nitrogen and oxygen atoms in total. The number of cyclic esters (lactones) is 1. The van der Waals surface area contributed by atoms with Crippen LogP contribution in [-0.4, -0.2) is 11.1 Å². The number of hydrogen-bond donors (Lipinski definition) is 1. The van der Waals surface area contributed by atoms with Crippen LogP contribution in [0, 0.1) is 0 Å². The average Bonchev–Trinajstić information content (AvgIpc) is 3.02. The van der Waals surface area contributed by atoms with Gasteiger partial charge < -0.3 is 9.84 Å². The predicted octanol–water partition coefficient (Wildman–Crippen LogP) is 4.37. The molecule has 1 fully saturated rings. The number of ether oxygens (including phenoxy) is 1. The van der Waals surface area contributed by atoms with Crippen molar-refractivity contribution >= 4 is 5.97 Å². The van der Waals surface area contributed by atoms with Crippen molar-refractivity contribution in [1.29, 1.82) is 0 Å². The van der Waals surface area contributed by atoms with Crippen molar-refractivity contribution in [2.24, 2.45) is 0 Å². The standard InChI is InChI=1S/C22H18O3/c23-20-14-8-7-13-18(20)19-15-21(24)25-22(19,16-9-3-1-4-10-16)17-11-5-2-6-12-17/h1-14,19,23H,15H2/t19-/m0/s1. The second kappa shape index (κ2) is 6.10. The summed E-state index contributed by atoms with van der Waals surface area (Å²) in [6.45, 7) is 0. The summed E-state index contributed by atoms with van der Waals surface area (Å²) < 4.78 is 5.99. The molecule has 0 unspecified atom stereocenters. The van der Waals surface area contributed by atoms with Crippen LogP contribution in [0.3, 0.4) is 0 Å². The van der Waals surface area contributed by atoms with E-state index >= 15 is 0 Å². The van der Waals surface area contributed by atoms with Gasteiger partial charge in [-0.05, 0) is 6.07 Å². The Bertz CT molecular complexity index is 848. The van der Waals surface area contributed by atoms with E-state index in [1.165, 1.54) is 0 Å². The Hall–Kier alpha value is -3.07. The van der Waals surface area contributed by atoms with Crippen LogP contribution in [0.15, 0.2) is 84.9 Å². The van der Waals surface area contributed by atoms with Crippen molar-refractivity contribution in [2.45, 2.75) is 17.9 Å². The van der Waals surface area contributed by atoms with Crippen LogP contribution in [0.25, 0.3) is 0 Å². The Morgan fingerprint density at radius 3 is 1.88 bits per heavy atom. The molecule has 4 rings (SSSR count). The fourth-order valence-electron chi connectivity index (χ4n) is 3.77. The Kier molecular flexibility index (Phi) is 3.77. The fraction of sp³-hybridized carbons (Fsp3) is 0.136. The third kappa shape index (κ3) is 2.49. The summed E-state index contributed by atoms with van der Waals surface area (Å²) in [5.41, 5.74) is 1.58. The minimum Gasteiger partial charge on any atom is -0.508 e. The van der Waals surface area contributed by atoms with Crippen molar-refractivity contribution in [2.75, 3.05) is 0 Å². The molecule has 3 aromatic carbocycles. The van der Waals surface area contributed by atoms with Crippen LogP contribution in [0.1, 0.15) is 29.0 Å². The van der Waals surface area contributed by atoms with Gasteiger partial charge in [0.15, 0.2) is 5.60 Å². The van der Waals surface area contributed by atoms with Gasteiger partial charge in [-0.1, -0.05) is 78.9 Å². The van der Waals surface area contributed by atoms with Crippen LogP contribution < -0.4 is 0 Å². The smallest absolute Gasteiger partial charge is 0.307 e. The maximum Gasteiger partial charge on any atom is 0.307 e. The number of aromatic hydroxyl groups is 1. The molecule has 0 saturated carbocycles. The Morgan fingerprint density at radius 1 is 0.800 bits per heavy atom. The second-order valence-electron chi connectivity index (χ2n) is 6.26. The van der Waals surface area contributed by atoms with Gasteiger partial charge in [-0.15, -0.1) is 0 Å². The van der Waals surface area contributed by atoms with Crippen LogP contribution in [-0.2, 0) is 15.1 Å². The molecule has 1 saturated heterocycles. The lowest BCUT2D eigenvalue weighted by Gasteiger charge is -2.35. The molecule has 0 aliphatic carbocycles. The number of carbonyl (C=O) groups is 1. The molecule has 0 aromatic heterocycles. The van der Waals surface area contributed by atoms with Gasteiger partial charge in [0.25, 0.3) is 0 Å². The molecule has 0 radical (unpaired) electrons. The SMILES string of the molecule is O=C1C[C@@H](c2ccccc2O)C(c2ccccc2)(c2ccccc2)O1. The van der Waals surface area contributed by atoms with E-state index < -0.39 is 5.60 Å². The third-order valence-electron chi connectivity index (χ3n) is 4.85. The summed E-state index contributed by atoms with van der Waals surface area (Å²) in [6, 6.07) is 26.7. The number of benzene rings is 3. The number of phenols is 1. The van der Waals surface area contributed by atoms with E-state index in [1.807, 2.05) is 72.8 Å². The van der Waals surface area contributed by atoms with E-state index in [2.05, 4.69) is 0 Å². The topological polar surface area (TPSA) is 46.5 Å². The molecule has 1 aliphatic heterocycles. The van der Waals surface area contributed by atoms with Crippen molar-refractivity contribution in [1.82, 2.24) is 0 Å². The highest BCUT2D eigenvalue weighted by Gasteiger charge is 2.53. The van der Waals surface area contributed by atoms with Gasteiger partial charge in [-0.2, -0.15) is 0 Å². The summed E-state index contributed by atoms with van der Waals surface area (Å²) >= 11 is 0. The van der Waals surface area contributed by atoms with Gasteiger partial charge in [0.2, 0.25) is 0 Å². The summed E-state index contributed by atoms with van der Waals surface area (Å²) in [7, 11) is 0. The molecule has 0 bridgehead atoms. The molecular weight excluding hydrogens is 312 g/mol. The number of phenolic OH excluding ortho intramolecular Hbond substituents is 1. The van der Waals surface area contributed by atoms with Gasteiger partial charge in [-0.25, -0.2) is 0 Å². The molecule has 1 atom stereocenters. The van der Waals surface area contributed by atoms with E-state index in [-0.39, 0.29) is 24.1 Å². The van der Waals surface area contributed by atoms with E-state index in [1.54, 1.807) is 12.1 Å². The number of carbonyl (C=O) groups excluding carboxylic acids is 1. The highest BCUT2D eigenvalue weighted by Crippen LogP contribution is 2.53. The van der Waals surface area contributed by atoms with E-state index in [0.29, 0.717) is 0 Å². The average molecular weight is 330 g/mol. The molecule has 3 heteroatoms. The Morgan fingerprint density at radius 2 is 1.32 bits per heavy atom. The summed E-state index contributed by atoms with van der Waals surface area (Å²) in [5.74, 6) is -0.381. The molecule has 3 aromatic rings. The highest BCUT2D eigenvalue weighted by molar-refractivity contribution is 5.77. The normalized spacial score (nSPS) is 18.7. The first-order valence-electron chi connectivity index (χ1n) is 8.32. The maximum atomic E-state index is 12.4. The molecule has 1 aliphatic rings. The first-order chi connectivity index (χ1) is 12.2. The zero-order valence-corrected chi connectivity index (χ0v) is 13.6. The molecule has 0 spiro atoms. The van der Waals surface area contributed by atoms with Crippen molar-refractivity contribution in [3.8, 4) is 5.75 Å². The number of hydrogen-bond acceptors (Lipinski definition) is 3. The van der Waals surface area contributed by atoms with Gasteiger partial charge in [0.05, 0.1) is 6.42 Å². The van der Waals surface area contributed by atoms with E-state index in [4.69, 9.17) is 4.74 Å². The van der Waals surface area contributed by atoms with Crippen molar-refractivity contribution in [3.63, 3.8) is 0 Å². The Labute approximate surface area is 146 Å². The molecule has 124 valence electrons. The lowest BCUT2D eigenvalue weighted by Crippen LogP contribution is -2.33. The van der Waals surface area contributed by atoms with Crippen LogP contribution >= 0.6 is 0 Å². The van der Waals surface area contributed by atoms with Crippen LogP contribution in [0.2, 0.25) is 0 Å². The Balaban J connectivity index is 1.99. The van der Waals surface area contributed by atoms with Gasteiger partial charge in [0, 0.05) is 22.6 Å². The first kappa shape index (κ1) is 15.5. The zero-order chi connectivity index (χ0) is 17.3. The van der Waals surface area contributed by atoms with E-state index in [0.717, 1.165) is 16.7 Å². The van der Waals surface area contributed by atoms with Crippen LogP contribution in [0.4, 0.5) is 0 Å². The minimum atomic E-state index is -0.946. The first-order valence-corrected chi connectivity index (χ1v) is 8.32. The summed E-state index contributed by atoms with van der Waals surface area (Å²) in [5, 5.41) is 10.4. The molecule has 25 heavy (non-hydrogen) atoms. The predicted molar refractivity (Wildman–Crippen MR) is 95.2 cm³/mol. The maximum absolute atomic E-state index is 12.4. The summed E-state index contributed by atoms with van der Waals surface area (Å²) in [4.78, 5) is 12.4. The number of esters is 1. The monoisotopic (exact) mass is 330 g/mol. The molecule has 1 N–H and O–H groups in total.